The van der Waals surface area contributed by atoms with Crippen molar-refractivity contribution in [2.24, 2.45) is 11.8 Å². The van der Waals surface area contributed by atoms with Crippen LogP contribution in [0.25, 0.3) is 0 Å². The van der Waals surface area contributed by atoms with Crippen molar-refractivity contribution >= 4 is 29.2 Å². The molecule has 1 aromatic carbocycles. The highest BCUT2D eigenvalue weighted by molar-refractivity contribution is 6.32. The highest BCUT2D eigenvalue weighted by Crippen LogP contribution is 2.31. The summed E-state index contributed by atoms with van der Waals surface area (Å²) in [4.78, 5) is 23.3. The Balaban J connectivity index is 2.02. The van der Waals surface area contributed by atoms with Gasteiger partial charge in [0.25, 0.3) is 0 Å². The van der Waals surface area contributed by atoms with E-state index in [1.165, 1.54) is 7.11 Å². The minimum Gasteiger partial charge on any atom is -0.495 e. The van der Waals surface area contributed by atoms with Crippen LogP contribution in [-0.4, -0.2) is 24.1 Å². The van der Waals surface area contributed by atoms with Gasteiger partial charge in [0.1, 0.15) is 5.75 Å². The molecule has 0 radical (unpaired) electrons. The van der Waals surface area contributed by atoms with Gasteiger partial charge in [-0.15, -0.1) is 0 Å². The topological polar surface area (TPSA) is 75.6 Å². The molecule has 1 fully saturated rings. The minimum absolute atomic E-state index is 0.148. The number of anilines is 1. The second-order valence-corrected chi connectivity index (χ2v) is 5.64. The van der Waals surface area contributed by atoms with E-state index in [4.69, 9.17) is 21.4 Å². The molecular formula is C15H18ClNO4. The maximum absolute atomic E-state index is 12.2. The average Bonchev–Trinajstić information content (AvgIpc) is 2.49. The molecule has 5 nitrogen and oxygen atoms in total. The molecule has 0 saturated heterocycles. The molecule has 2 atom stereocenters. The Kier molecular flexibility index (Phi) is 5.07. The van der Waals surface area contributed by atoms with Crippen LogP contribution in [0.5, 0.6) is 5.75 Å². The quantitative estimate of drug-likeness (QED) is 0.895. The lowest BCUT2D eigenvalue weighted by molar-refractivity contribution is -0.143. The molecule has 2 rings (SSSR count). The van der Waals surface area contributed by atoms with Crippen molar-refractivity contribution in [1.29, 1.82) is 0 Å². The maximum Gasteiger partial charge on any atom is 0.306 e. The van der Waals surface area contributed by atoms with E-state index in [1.807, 2.05) is 0 Å². The smallest absolute Gasteiger partial charge is 0.306 e. The third kappa shape index (κ3) is 3.88. The lowest BCUT2D eigenvalue weighted by atomic mass is 9.81. The Labute approximate surface area is 128 Å². The van der Waals surface area contributed by atoms with Crippen molar-refractivity contribution in [2.75, 3.05) is 12.4 Å². The van der Waals surface area contributed by atoms with Gasteiger partial charge in [0.2, 0.25) is 5.91 Å². The van der Waals surface area contributed by atoms with E-state index in [0.717, 1.165) is 12.8 Å². The number of methoxy groups -OCH3 is 1. The summed E-state index contributed by atoms with van der Waals surface area (Å²) in [7, 11) is 1.51. The van der Waals surface area contributed by atoms with Crippen LogP contribution in [0.1, 0.15) is 25.7 Å². The molecule has 2 unspecified atom stereocenters. The SMILES string of the molecule is COc1cc(NC(=O)C2CCCC(C(=O)O)C2)ccc1Cl. The second-order valence-electron chi connectivity index (χ2n) is 5.24. The minimum atomic E-state index is -0.819. The molecule has 0 heterocycles. The standard InChI is InChI=1S/C15H18ClNO4/c1-21-13-8-11(5-6-12(13)16)17-14(18)9-3-2-4-10(7-9)15(19)20/h5-6,8-10H,2-4,7H2,1H3,(H,17,18)(H,19,20). The Morgan fingerprint density at radius 2 is 2.05 bits per heavy atom. The lowest BCUT2D eigenvalue weighted by Crippen LogP contribution is -2.30. The fraction of sp³-hybridized carbons (Fsp3) is 0.467. The molecule has 6 heteroatoms. The average molecular weight is 312 g/mol. The third-order valence-electron chi connectivity index (χ3n) is 3.81. The number of ether oxygens (including phenoxy) is 1. The molecule has 21 heavy (non-hydrogen) atoms. The summed E-state index contributed by atoms with van der Waals surface area (Å²) in [6.45, 7) is 0. The van der Waals surface area contributed by atoms with Crippen LogP contribution in [0.3, 0.4) is 0 Å². The van der Waals surface area contributed by atoms with Gasteiger partial charge in [0.15, 0.2) is 0 Å². The fourth-order valence-electron chi connectivity index (χ4n) is 2.63. The zero-order chi connectivity index (χ0) is 15.4. The van der Waals surface area contributed by atoms with Gasteiger partial charge in [-0.25, -0.2) is 0 Å². The summed E-state index contributed by atoms with van der Waals surface area (Å²) in [5, 5.41) is 12.3. The molecule has 1 aliphatic rings. The number of aliphatic carboxylic acids is 1. The molecule has 0 spiro atoms. The first-order chi connectivity index (χ1) is 10.0. The summed E-state index contributed by atoms with van der Waals surface area (Å²) < 4.78 is 5.10. The first-order valence-electron chi connectivity index (χ1n) is 6.88. The van der Waals surface area contributed by atoms with Crippen molar-refractivity contribution in [2.45, 2.75) is 25.7 Å². The van der Waals surface area contributed by atoms with Crippen molar-refractivity contribution in [3.8, 4) is 5.75 Å². The Hall–Kier alpha value is -1.75. The molecule has 0 bridgehead atoms. The first-order valence-corrected chi connectivity index (χ1v) is 7.26. The fourth-order valence-corrected chi connectivity index (χ4v) is 2.83. The Bertz CT molecular complexity index is 546. The largest absolute Gasteiger partial charge is 0.495 e. The summed E-state index contributed by atoms with van der Waals surface area (Å²) in [6.07, 6.45) is 2.53. The number of carbonyl (C=O) groups is 2. The predicted molar refractivity (Wildman–Crippen MR) is 79.7 cm³/mol. The molecular weight excluding hydrogens is 294 g/mol. The van der Waals surface area contributed by atoms with Crippen molar-refractivity contribution in [3.63, 3.8) is 0 Å². The monoisotopic (exact) mass is 311 g/mol. The van der Waals surface area contributed by atoms with Gasteiger partial charge in [-0.1, -0.05) is 18.0 Å². The summed E-state index contributed by atoms with van der Waals surface area (Å²) >= 11 is 5.93. The third-order valence-corrected chi connectivity index (χ3v) is 4.13. The number of hydrogen-bond acceptors (Lipinski definition) is 3. The van der Waals surface area contributed by atoms with E-state index in [-0.39, 0.29) is 11.8 Å². The second kappa shape index (κ2) is 6.80. The predicted octanol–water partition coefficient (Wildman–Crippen LogP) is 3.18. The Morgan fingerprint density at radius 1 is 1.33 bits per heavy atom. The summed E-state index contributed by atoms with van der Waals surface area (Å²) in [5.41, 5.74) is 0.596. The molecule has 0 aromatic heterocycles. The van der Waals surface area contributed by atoms with Crippen molar-refractivity contribution < 1.29 is 19.4 Å². The van der Waals surface area contributed by atoms with Gasteiger partial charge in [0.05, 0.1) is 18.1 Å². The number of halogens is 1. The van der Waals surface area contributed by atoms with E-state index in [0.29, 0.717) is 29.3 Å². The van der Waals surface area contributed by atoms with Gasteiger partial charge < -0.3 is 15.2 Å². The number of benzene rings is 1. The van der Waals surface area contributed by atoms with Crippen LogP contribution in [0.4, 0.5) is 5.69 Å². The number of nitrogens with one attached hydrogen (secondary N) is 1. The zero-order valence-electron chi connectivity index (χ0n) is 11.8. The molecule has 2 N–H and O–H groups in total. The van der Waals surface area contributed by atoms with Crippen LogP contribution in [0.15, 0.2) is 18.2 Å². The van der Waals surface area contributed by atoms with E-state index in [9.17, 15) is 9.59 Å². The number of carboxylic acid groups (broad SMARTS) is 1. The molecule has 1 aliphatic carbocycles. The highest BCUT2D eigenvalue weighted by Gasteiger charge is 2.31. The summed E-state index contributed by atoms with van der Waals surface area (Å²) in [6, 6.07) is 4.99. The molecule has 1 aromatic rings. The van der Waals surface area contributed by atoms with Crippen LogP contribution >= 0.6 is 11.6 Å². The normalized spacial score (nSPS) is 21.6. The Morgan fingerprint density at radius 3 is 2.71 bits per heavy atom. The molecule has 114 valence electrons. The van der Waals surface area contributed by atoms with E-state index in [2.05, 4.69) is 5.32 Å². The highest BCUT2D eigenvalue weighted by atomic mass is 35.5. The van der Waals surface area contributed by atoms with Gasteiger partial charge >= 0.3 is 5.97 Å². The van der Waals surface area contributed by atoms with Crippen LogP contribution in [0, 0.1) is 11.8 Å². The zero-order valence-corrected chi connectivity index (χ0v) is 12.5. The molecule has 0 aliphatic heterocycles. The van der Waals surface area contributed by atoms with Gasteiger partial charge in [0, 0.05) is 17.7 Å². The summed E-state index contributed by atoms with van der Waals surface area (Å²) in [5.74, 6) is -1.16. The molecule has 1 saturated carbocycles. The van der Waals surface area contributed by atoms with Crippen LogP contribution in [-0.2, 0) is 9.59 Å². The van der Waals surface area contributed by atoms with Gasteiger partial charge in [-0.2, -0.15) is 0 Å². The number of rotatable bonds is 4. The van der Waals surface area contributed by atoms with Gasteiger partial charge in [-0.3, -0.25) is 9.59 Å². The maximum atomic E-state index is 12.2. The number of carboxylic acids is 1. The number of amides is 1. The van der Waals surface area contributed by atoms with Crippen molar-refractivity contribution in [3.05, 3.63) is 23.2 Å². The van der Waals surface area contributed by atoms with Crippen LogP contribution in [0.2, 0.25) is 5.02 Å². The number of carbonyl (C=O) groups excluding carboxylic acids is 1. The van der Waals surface area contributed by atoms with E-state index >= 15 is 0 Å². The lowest BCUT2D eigenvalue weighted by Gasteiger charge is -2.25. The van der Waals surface area contributed by atoms with Crippen molar-refractivity contribution in [1.82, 2.24) is 0 Å². The van der Waals surface area contributed by atoms with E-state index in [1.54, 1.807) is 18.2 Å². The molecule has 1 amide bonds. The number of hydrogen-bond donors (Lipinski definition) is 2. The van der Waals surface area contributed by atoms with Gasteiger partial charge in [-0.05, 0) is 31.4 Å². The van der Waals surface area contributed by atoms with Crippen LogP contribution < -0.4 is 10.1 Å². The first kappa shape index (κ1) is 15.6. The van der Waals surface area contributed by atoms with E-state index < -0.39 is 11.9 Å².